The molecule has 0 N–H and O–H groups in total. The molecule has 0 aromatic carbocycles. The van der Waals surface area contributed by atoms with E-state index in [1.54, 1.807) is 13.8 Å². The van der Waals surface area contributed by atoms with Gasteiger partial charge in [0.05, 0.1) is 0 Å². The van der Waals surface area contributed by atoms with Crippen molar-refractivity contribution >= 4 is 5.78 Å². The van der Waals surface area contributed by atoms with E-state index in [4.69, 9.17) is 0 Å². The summed E-state index contributed by atoms with van der Waals surface area (Å²) in [6.07, 6.45) is -4.33. The third-order valence-corrected chi connectivity index (χ3v) is 1.64. The number of aromatic nitrogens is 1. The zero-order valence-corrected chi connectivity index (χ0v) is 9.64. The Kier molecular flexibility index (Phi) is 5.14. The van der Waals surface area contributed by atoms with Crippen molar-refractivity contribution in [3.8, 4) is 0 Å². The normalized spacial score (nSPS) is 10.4. The molecule has 0 fully saturated rings. The molecule has 1 rings (SSSR count). The minimum Gasteiger partial charge on any atom is -0.300 e. The average Bonchev–Trinajstić information content (AvgIpc) is 2.06. The number of alkyl halides is 3. The summed E-state index contributed by atoms with van der Waals surface area (Å²) < 4.78 is 36.1. The number of nitrogens with zero attached hydrogens (tertiary/aromatic N) is 1. The van der Waals surface area contributed by atoms with E-state index in [1.807, 2.05) is 0 Å². The molecule has 0 bridgehead atoms. The van der Waals surface area contributed by atoms with Gasteiger partial charge >= 0.3 is 6.18 Å². The smallest absolute Gasteiger partial charge is 0.300 e. The van der Waals surface area contributed by atoms with E-state index in [-0.39, 0.29) is 5.78 Å². The highest BCUT2D eigenvalue weighted by molar-refractivity contribution is 5.72. The predicted molar refractivity (Wildman–Crippen MR) is 55.1 cm³/mol. The van der Waals surface area contributed by atoms with Crippen molar-refractivity contribution in [3.63, 3.8) is 0 Å². The third kappa shape index (κ3) is 5.48. The predicted octanol–water partition coefficient (Wildman–Crippen LogP) is 3.31. The van der Waals surface area contributed by atoms with E-state index in [9.17, 15) is 18.0 Å². The van der Waals surface area contributed by atoms with Crippen molar-refractivity contribution in [1.29, 1.82) is 0 Å². The number of Topliss-reactive ketones (excluding diaryl/α,β-unsaturated/α-hetero) is 1. The lowest BCUT2D eigenvalue weighted by Gasteiger charge is -2.06. The van der Waals surface area contributed by atoms with Crippen LogP contribution < -0.4 is 0 Å². The molecule has 0 radical (unpaired) electrons. The lowest BCUT2D eigenvalue weighted by atomic mass is 10.2. The van der Waals surface area contributed by atoms with Crippen LogP contribution in [0.2, 0.25) is 0 Å². The minimum atomic E-state index is -4.33. The molecular weight excluding hydrogens is 219 g/mol. The first-order valence-electron chi connectivity index (χ1n) is 4.63. The van der Waals surface area contributed by atoms with E-state index in [0.717, 1.165) is 11.6 Å². The highest BCUT2D eigenvalue weighted by atomic mass is 19.4. The van der Waals surface area contributed by atoms with Crippen LogP contribution in [0.5, 0.6) is 0 Å². The van der Waals surface area contributed by atoms with E-state index in [2.05, 4.69) is 4.98 Å². The largest absolute Gasteiger partial charge is 0.433 e. The quantitative estimate of drug-likeness (QED) is 0.688. The highest BCUT2D eigenvalue weighted by Crippen LogP contribution is 2.27. The molecule has 1 aromatic heterocycles. The maximum Gasteiger partial charge on any atom is 0.433 e. The van der Waals surface area contributed by atoms with Crippen LogP contribution in [0.4, 0.5) is 13.2 Å². The van der Waals surface area contributed by atoms with Gasteiger partial charge in [-0.15, -0.1) is 0 Å². The summed E-state index contributed by atoms with van der Waals surface area (Å²) in [6, 6.07) is 2.41. The number of ketones is 1. The van der Waals surface area contributed by atoms with Gasteiger partial charge in [0.2, 0.25) is 0 Å². The van der Waals surface area contributed by atoms with Crippen LogP contribution in [-0.2, 0) is 11.0 Å². The second-order valence-corrected chi connectivity index (χ2v) is 3.50. The fourth-order valence-corrected chi connectivity index (χ4v) is 0.789. The van der Waals surface area contributed by atoms with Gasteiger partial charge in [-0.1, -0.05) is 6.07 Å². The molecule has 1 aromatic rings. The Morgan fingerprint density at radius 3 is 1.94 bits per heavy atom. The van der Waals surface area contributed by atoms with Crippen molar-refractivity contribution in [2.75, 3.05) is 0 Å². The van der Waals surface area contributed by atoms with Gasteiger partial charge in [0.15, 0.2) is 0 Å². The summed E-state index contributed by atoms with van der Waals surface area (Å²) in [7, 11) is 0. The minimum absolute atomic E-state index is 0.167. The van der Waals surface area contributed by atoms with E-state index in [0.29, 0.717) is 5.69 Å². The fraction of sp³-hybridized carbons (Fsp3) is 0.455. The molecule has 2 nitrogen and oxygen atoms in total. The van der Waals surface area contributed by atoms with Gasteiger partial charge in [0.25, 0.3) is 0 Å². The lowest BCUT2D eigenvalue weighted by molar-refractivity contribution is -0.141. The van der Waals surface area contributed by atoms with Gasteiger partial charge < -0.3 is 4.79 Å². The van der Waals surface area contributed by atoms with E-state index < -0.39 is 11.9 Å². The zero-order valence-electron chi connectivity index (χ0n) is 9.64. The number of pyridine rings is 1. The third-order valence-electron chi connectivity index (χ3n) is 1.64. The molecule has 0 aliphatic carbocycles. The fourth-order valence-electron chi connectivity index (χ4n) is 0.789. The molecule has 0 saturated heterocycles. The van der Waals surface area contributed by atoms with Crippen LogP contribution in [0.1, 0.15) is 30.8 Å². The maximum absolute atomic E-state index is 12.0. The second-order valence-electron chi connectivity index (χ2n) is 3.50. The molecule has 5 heteroatoms. The average molecular weight is 233 g/mol. The molecule has 0 unspecified atom stereocenters. The zero-order chi connectivity index (χ0) is 12.9. The molecular formula is C11H14F3NO. The number of carbonyl (C=O) groups excluding carboxylic acids is 1. The summed E-state index contributed by atoms with van der Waals surface area (Å²) in [6.45, 7) is 6.34. The SMILES string of the molecule is CC(C)=O.Cc1ccc(C(F)(F)F)nc1C. The monoisotopic (exact) mass is 233 g/mol. The van der Waals surface area contributed by atoms with Crippen molar-refractivity contribution < 1.29 is 18.0 Å². The summed E-state index contributed by atoms with van der Waals surface area (Å²) in [5, 5.41) is 0. The van der Waals surface area contributed by atoms with Crippen molar-refractivity contribution in [2.45, 2.75) is 33.9 Å². The Labute approximate surface area is 92.5 Å². The van der Waals surface area contributed by atoms with Gasteiger partial charge in [0.1, 0.15) is 11.5 Å². The first kappa shape index (κ1) is 14.6. The number of hydrogen-bond donors (Lipinski definition) is 0. The Morgan fingerprint density at radius 2 is 1.62 bits per heavy atom. The Hall–Kier alpha value is -1.39. The number of halogens is 3. The molecule has 0 aliphatic rings. The number of aryl methyl sites for hydroxylation is 2. The first-order valence-corrected chi connectivity index (χ1v) is 4.63. The Bertz CT molecular complexity index is 368. The maximum atomic E-state index is 12.0. The molecule has 0 saturated carbocycles. The number of carbonyl (C=O) groups is 1. The summed E-state index contributed by atoms with van der Waals surface area (Å²) in [4.78, 5) is 12.9. The second kappa shape index (κ2) is 5.63. The molecule has 0 amide bonds. The molecule has 0 atom stereocenters. The molecule has 1 heterocycles. The Balaban J connectivity index is 0.000000487. The van der Waals surface area contributed by atoms with Crippen LogP contribution >= 0.6 is 0 Å². The molecule has 0 spiro atoms. The highest BCUT2D eigenvalue weighted by Gasteiger charge is 2.32. The first-order chi connectivity index (χ1) is 7.14. The Morgan fingerprint density at radius 1 is 1.19 bits per heavy atom. The van der Waals surface area contributed by atoms with Gasteiger partial charge in [-0.25, -0.2) is 4.98 Å². The lowest BCUT2D eigenvalue weighted by Crippen LogP contribution is -2.08. The van der Waals surface area contributed by atoms with Crippen molar-refractivity contribution in [3.05, 3.63) is 29.1 Å². The molecule has 0 aliphatic heterocycles. The molecule has 90 valence electrons. The topological polar surface area (TPSA) is 30.0 Å². The summed E-state index contributed by atoms with van der Waals surface area (Å²) in [5.74, 6) is 0.167. The van der Waals surface area contributed by atoms with Crippen LogP contribution in [0, 0.1) is 13.8 Å². The van der Waals surface area contributed by atoms with Crippen LogP contribution in [0.25, 0.3) is 0 Å². The van der Waals surface area contributed by atoms with Gasteiger partial charge in [-0.05, 0) is 39.3 Å². The van der Waals surface area contributed by atoms with E-state index >= 15 is 0 Å². The van der Waals surface area contributed by atoms with Gasteiger partial charge in [-0.2, -0.15) is 13.2 Å². The summed E-state index contributed by atoms with van der Waals surface area (Å²) >= 11 is 0. The number of hydrogen-bond acceptors (Lipinski definition) is 2. The van der Waals surface area contributed by atoms with Crippen LogP contribution in [0.3, 0.4) is 0 Å². The number of rotatable bonds is 0. The van der Waals surface area contributed by atoms with Crippen molar-refractivity contribution in [1.82, 2.24) is 4.98 Å². The van der Waals surface area contributed by atoms with E-state index in [1.165, 1.54) is 19.9 Å². The standard InChI is InChI=1S/C8H8F3N.C3H6O/c1-5-3-4-7(8(9,10)11)12-6(5)2;1-3(2)4/h3-4H,1-2H3;1-2H3. The van der Waals surface area contributed by atoms with Gasteiger partial charge in [0, 0.05) is 5.69 Å². The van der Waals surface area contributed by atoms with Crippen LogP contribution in [-0.4, -0.2) is 10.8 Å². The van der Waals surface area contributed by atoms with Gasteiger partial charge in [-0.3, -0.25) is 0 Å². The summed E-state index contributed by atoms with van der Waals surface area (Å²) in [5.41, 5.74) is 0.360. The van der Waals surface area contributed by atoms with Crippen LogP contribution in [0.15, 0.2) is 12.1 Å². The molecule has 16 heavy (non-hydrogen) atoms. The van der Waals surface area contributed by atoms with Crippen molar-refractivity contribution in [2.24, 2.45) is 0 Å².